The number of aromatic nitrogens is 1. The third-order valence-electron chi connectivity index (χ3n) is 8.53. The van der Waals surface area contributed by atoms with Crippen LogP contribution in [0.1, 0.15) is 63.4 Å². The number of hydrogen-bond donors (Lipinski definition) is 1. The Hall–Kier alpha value is -3.17. The molecule has 0 radical (unpaired) electrons. The third-order valence-corrected chi connectivity index (χ3v) is 8.53. The number of rotatable bonds is 11. The number of unbranched alkanes of at least 4 members (excludes halogenated alkanes) is 1. The molecule has 1 unspecified atom stereocenters. The van der Waals surface area contributed by atoms with E-state index < -0.39 is 11.9 Å². The van der Waals surface area contributed by atoms with Crippen molar-refractivity contribution < 1.29 is 33.5 Å². The lowest BCUT2D eigenvalue weighted by atomic mass is 9.83. The highest BCUT2D eigenvalue weighted by molar-refractivity contribution is 5.94. The maximum absolute atomic E-state index is 13.9. The van der Waals surface area contributed by atoms with Crippen LogP contribution in [0.2, 0.25) is 0 Å². The Labute approximate surface area is 236 Å². The average Bonchev–Trinajstić information content (AvgIpc) is 3.57. The van der Waals surface area contributed by atoms with Crippen LogP contribution in [0, 0.1) is 5.92 Å². The van der Waals surface area contributed by atoms with Crippen molar-refractivity contribution in [1.29, 1.82) is 0 Å². The van der Waals surface area contributed by atoms with Gasteiger partial charge >= 0.3 is 5.97 Å². The fraction of sp³-hybridized carbons (Fsp3) is 0.581. The van der Waals surface area contributed by atoms with Gasteiger partial charge in [0.05, 0.1) is 18.6 Å². The molecule has 1 amide bonds. The molecule has 2 fully saturated rings. The van der Waals surface area contributed by atoms with Crippen LogP contribution in [0.4, 0.5) is 5.69 Å². The zero-order valence-corrected chi connectivity index (χ0v) is 23.7. The fourth-order valence-electron chi connectivity index (χ4n) is 6.43. The maximum atomic E-state index is 13.9. The van der Waals surface area contributed by atoms with Crippen LogP contribution in [-0.2, 0) is 21.4 Å². The number of fused-ring (bicyclic) bond motifs is 1. The Morgan fingerprint density at radius 2 is 2.00 bits per heavy atom. The maximum Gasteiger partial charge on any atom is 0.308 e. The summed E-state index contributed by atoms with van der Waals surface area (Å²) in [6.45, 7) is 4.33. The minimum absolute atomic E-state index is 0.00552. The number of carboxylic acid groups (broad SMARTS) is 1. The second-order valence-electron chi connectivity index (χ2n) is 11.3. The summed E-state index contributed by atoms with van der Waals surface area (Å²) in [5, 5.41) is 10.5. The van der Waals surface area contributed by atoms with Crippen molar-refractivity contribution in [3.8, 4) is 11.5 Å². The number of ether oxygens (including phenoxy) is 3. The molecule has 9 nitrogen and oxygen atoms in total. The molecule has 3 aliphatic heterocycles. The molecule has 9 heteroatoms. The van der Waals surface area contributed by atoms with Crippen molar-refractivity contribution in [3.05, 3.63) is 48.3 Å². The number of likely N-dealkylation sites (tertiary alicyclic amines) is 1. The summed E-state index contributed by atoms with van der Waals surface area (Å²) in [5.41, 5.74) is 1.76. The number of amides is 1. The number of hydrogen-bond acceptors (Lipinski definition) is 6. The van der Waals surface area contributed by atoms with Crippen LogP contribution in [0.15, 0.2) is 42.7 Å². The summed E-state index contributed by atoms with van der Waals surface area (Å²) < 4.78 is 19.0. The highest BCUT2D eigenvalue weighted by atomic mass is 16.7. The van der Waals surface area contributed by atoms with E-state index in [1.807, 2.05) is 59.2 Å². The van der Waals surface area contributed by atoms with E-state index in [9.17, 15) is 14.7 Å². The minimum atomic E-state index is -0.829. The molecule has 4 atom stereocenters. The van der Waals surface area contributed by atoms with Crippen LogP contribution in [0.25, 0.3) is 0 Å². The molecule has 40 heavy (non-hydrogen) atoms. The van der Waals surface area contributed by atoms with Gasteiger partial charge in [0.25, 0.3) is 0 Å². The van der Waals surface area contributed by atoms with Gasteiger partial charge in [0.15, 0.2) is 23.9 Å². The van der Waals surface area contributed by atoms with Gasteiger partial charge < -0.3 is 24.2 Å². The molecule has 216 valence electrons. The second-order valence-corrected chi connectivity index (χ2v) is 11.3. The molecular formula is C31H42N3O6+. The third kappa shape index (κ3) is 6.41. The standard InChI is InChI=1S/C31H41N3O6/c1-3-4-15-34(23-8-7-14-32(2)18-23)29(35)20-33-19-25(22-10-13-27-28(17-22)40-21-39-27)30(31(36)37)26(33)12-11-24-9-5-6-16-38-24/h7-8,10,13-14,17-18,24-26,30H,3-6,9,11-12,15-16,19-21H2,1-2H3/p+1/t24?,25-,26+,30-/m1/s1. The Balaban J connectivity index is 1.41. The van der Waals surface area contributed by atoms with E-state index in [1.54, 1.807) is 0 Å². The van der Waals surface area contributed by atoms with Gasteiger partial charge in [-0.3, -0.25) is 14.5 Å². The normalized spacial score (nSPS) is 24.2. The van der Waals surface area contributed by atoms with Crippen molar-refractivity contribution in [3.63, 3.8) is 0 Å². The van der Waals surface area contributed by atoms with Gasteiger partial charge in [-0.05, 0) is 62.3 Å². The molecule has 2 aromatic rings. The molecule has 2 saturated heterocycles. The number of carbonyl (C=O) groups is 2. The van der Waals surface area contributed by atoms with Crippen molar-refractivity contribution >= 4 is 17.6 Å². The molecule has 0 saturated carbocycles. The van der Waals surface area contributed by atoms with Crippen LogP contribution in [0.3, 0.4) is 0 Å². The summed E-state index contributed by atoms with van der Waals surface area (Å²) in [4.78, 5) is 30.7. The van der Waals surface area contributed by atoms with Gasteiger partial charge in [-0.25, -0.2) is 4.57 Å². The Bertz CT molecular complexity index is 1180. The lowest BCUT2D eigenvalue weighted by molar-refractivity contribution is -0.670. The number of pyridine rings is 1. The van der Waals surface area contributed by atoms with Crippen LogP contribution in [-0.4, -0.2) is 67.1 Å². The number of benzene rings is 1. The monoisotopic (exact) mass is 552 g/mol. The van der Waals surface area contributed by atoms with Gasteiger partial charge in [-0.15, -0.1) is 0 Å². The van der Waals surface area contributed by atoms with Crippen LogP contribution >= 0.6 is 0 Å². The van der Waals surface area contributed by atoms with E-state index in [0.29, 0.717) is 31.0 Å². The van der Waals surface area contributed by atoms with Crippen molar-refractivity contribution in [1.82, 2.24) is 4.90 Å². The van der Waals surface area contributed by atoms with Gasteiger partial charge in [0.2, 0.25) is 12.7 Å². The molecule has 1 aromatic carbocycles. The summed E-state index contributed by atoms with van der Waals surface area (Å²) in [7, 11) is 1.95. The molecule has 0 spiro atoms. The number of anilines is 1. The molecule has 0 aliphatic carbocycles. The van der Waals surface area contributed by atoms with Crippen molar-refractivity contribution in [2.75, 3.05) is 37.9 Å². The van der Waals surface area contributed by atoms with E-state index >= 15 is 0 Å². The second kappa shape index (κ2) is 13.0. The highest BCUT2D eigenvalue weighted by Gasteiger charge is 2.47. The van der Waals surface area contributed by atoms with Crippen molar-refractivity contribution in [2.24, 2.45) is 13.0 Å². The van der Waals surface area contributed by atoms with Crippen molar-refractivity contribution in [2.45, 2.75) is 69.9 Å². The first-order valence-corrected chi connectivity index (χ1v) is 14.7. The molecule has 1 aromatic heterocycles. The van der Waals surface area contributed by atoms with Crippen LogP contribution < -0.4 is 18.9 Å². The summed E-state index contributed by atoms with van der Waals surface area (Å²) in [6, 6.07) is 9.34. The number of carboxylic acids is 1. The molecule has 5 rings (SSSR count). The quantitative estimate of drug-likeness (QED) is 0.423. The van der Waals surface area contributed by atoms with E-state index in [2.05, 4.69) is 11.8 Å². The molecule has 3 aliphatic rings. The Kier molecular flexibility index (Phi) is 9.22. The number of aliphatic carboxylic acids is 1. The van der Waals surface area contributed by atoms with E-state index in [0.717, 1.165) is 56.4 Å². The average molecular weight is 553 g/mol. The fourth-order valence-corrected chi connectivity index (χ4v) is 6.43. The topological polar surface area (TPSA) is 92.4 Å². The Morgan fingerprint density at radius 3 is 2.75 bits per heavy atom. The number of nitrogens with zero attached hydrogens (tertiary/aromatic N) is 3. The summed E-state index contributed by atoms with van der Waals surface area (Å²) >= 11 is 0. The predicted octanol–water partition coefficient (Wildman–Crippen LogP) is 3.89. The molecular weight excluding hydrogens is 510 g/mol. The Morgan fingerprint density at radius 1 is 1.15 bits per heavy atom. The first kappa shape index (κ1) is 28.4. The van der Waals surface area contributed by atoms with Gasteiger partial charge in [0, 0.05) is 37.7 Å². The van der Waals surface area contributed by atoms with E-state index in [4.69, 9.17) is 14.2 Å². The summed E-state index contributed by atoms with van der Waals surface area (Å²) in [5.74, 6) is -0.425. The lowest BCUT2D eigenvalue weighted by Crippen LogP contribution is -2.45. The molecule has 4 heterocycles. The van der Waals surface area contributed by atoms with Gasteiger partial charge in [-0.2, -0.15) is 0 Å². The lowest BCUT2D eigenvalue weighted by Gasteiger charge is -2.31. The van der Waals surface area contributed by atoms with E-state index in [1.165, 1.54) is 0 Å². The zero-order chi connectivity index (χ0) is 28.1. The molecule has 0 bridgehead atoms. The largest absolute Gasteiger partial charge is 0.481 e. The first-order valence-electron chi connectivity index (χ1n) is 14.7. The van der Waals surface area contributed by atoms with Crippen LogP contribution in [0.5, 0.6) is 11.5 Å². The summed E-state index contributed by atoms with van der Waals surface area (Å²) in [6.07, 6.45) is 10.6. The zero-order valence-electron chi connectivity index (χ0n) is 23.7. The van der Waals surface area contributed by atoms with E-state index in [-0.39, 0.29) is 37.3 Å². The minimum Gasteiger partial charge on any atom is -0.481 e. The predicted molar refractivity (Wildman–Crippen MR) is 149 cm³/mol. The highest BCUT2D eigenvalue weighted by Crippen LogP contribution is 2.43. The smallest absolute Gasteiger partial charge is 0.308 e. The SMILES string of the molecule is CCCCN(C(=O)CN1C[C@H](c2ccc3c(c2)OCO3)[C@@H](C(=O)O)[C@@H]1CCC1CCCCO1)c1ccc[n+](C)c1. The first-order chi connectivity index (χ1) is 19.4. The van der Waals surface area contributed by atoms with Gasteiger partial charge in [0.1, 0.15) is 12.7 Å². The molecule has 1 N–H and O–H groups in total. The van der Waals surface area contributed by atoms with Gasteiger partial charge in [-0.1, -0.05) is 19.4 Å². The number of carbonyl (C=O) groups excluding carboxylic acids is 1. The number of aryl methyl sites for hydroxylation is 1.